The molecule has 3 rings (SSSR count). The van der Waals surface area contributed by atoms with Gasteiger partial charge in [-0.3, -0.25) is 9.59 Å². The molecule has 8 heteroatoms. The van der Waals surface area contributed by atoms with Crippen molar-refractivity contribution in [3.63, 3.8) is 0 Å². The van der Waals surface area contributed by atoms with Gasteiger partial charge in [-0.2, -0.15) is 0 Å². The Labute approximate surface area is 122 Å². The zero-order chi connectivity index (χ0) is 15.1. The summed E-state index contributed by atoms with van der Waals surface area (Å²) < 4.78 is 1.70. The van der Waals surface area contributed by atoms with Crippen molar-refractivity contribution < 1.29 is 19.8 Å². The third-order valence-corrected chi connectivity index (χ3v) is 4.48. The van der Waals surface area contributed by atoms with Gasteiger partial charge in [-0.25, -0.2) is 4.79 Å². The molecule has 1 aliphatic rings. The van der Waals surface area contributed by atoms with Crippen molar-refractivity contribution in [1.82, 2.24) is 9.88 Å². The summed E-state index contributed by atoms with van der Waals surface area (Å²) in [4.78, 5) is 34.7. The van der Waals surface area contributed by atoms with Crippen molar-refractivity contribution in [3.8, 4) is 5.75 Å². The smallest absolute Gasteiger partial charge is 0.341 e. The van der Waals surface area contributed by atoms with Crippen molar-refractivity contribution in [2.75, 3.05) is 6.54 Å². The van der Waals surface area contributed by atoms with Gasteiger partial charge in [0.15, 0.2) is 5.75 Å². The van der Waals surface area contributed by atoms with E-state index < -0.39 is 17.3 Å². The zero-order valence-corrected chi connectivity index (χ0v) is 11.6. The fourth-order valence-corrected chi connectivity index (χ4v) is 3.52. The highest BCUT2D eigenvalue weighted by Gasteiger charge is 2.26. The first-order valence-corrected chi connectivity index (χ1v) is 7.20. The first-order valence-electron chi connectivity index (χ1n) is 6.32. The largest absolute Gasteiger partial charge is 0.502 e. The summed E-state index contributed by atoms with van der Waals surface area (Å²) >= 11 is 1.15. The van der Waals surface area contributed by atoms with Gasteiger partial charge in [0, 0.05) is 25.4 Å². The van der Waals surface area contributed by atoms with Crippen LogP contribution in [-0.4, -0.2) is 33.2 Å². The number of aromatic nitrogens is 1. The van der Waals surface area contributed by atoms with Gasteiger partial charge in [0.2, 0.25) is 5.91 Å². The number of hydrogen-bond acceptors (Lipinski definition) is 5. The third-order valence-electron chi connectivity index (χ3n) is 3.56. The molecule has 3 heterocycles. The Hall–Kier alpha value is -2.35. The highest BCUT2D eigenvalue weighted by atomic mass is 32.1. The normalized spacial score (nSPS) is 18.1. The Bertz CT molecular complexity index is 807. The topological polar surface area (TPSA) is 109 Å². The maximum absolute atomic E-state index is 12.2. The average molecular weight is 308 g/mol. The number of aromatic carboxylic acids is 1. The number of aromatic hydroxyl groups is 1. The van der Waals surface area contributed by atoms with Crippen LogP contribution >= 0.6 is 11.3 Å². The van der Waals surface area contributed by atoms with Crippen LogP contribution in [0.4, 0.5) is 0 Å². The number of pyridine rings is 1. The molecule has 0 spiro atoms. The minimum Gasteiger partial charge on any atom is -0.502 e. The summed E-state index contributed by atoms with van der Waals surface area (Å²) in [5.74, 6) is -2.20. The molecule has 2 aromatic heterocycles. The zero-order valence-electron chi connectivity index (χ0n) is 10.8. The molecule has 2 aromatic rings. The summed E-state index contributed by atoms with van der Waals surface area (Å²) in [5.41, 5.74) is -0.626. The molecule has 110 valence electrons. The standard InChI is InChI=1S/C13H12N2O5S/c16-8-3-6(4-14-8)5-15-7-1-2-21-11(7)9(13(19)20)10(17)12(15)18/h1-2,6,17H,3-5H2,(H,14,16)(H,19,20). The van der Waals surface area contributed by atoms with Gasteiger partial charge in [-0.1, -0.05) is 0 Å². The van der Waals surface area contributed by atoms with Gasteiger partial charge in [-0.15, -0.1) is 11.3 Å². The minimum atomic E-state index is -1.33. The van der Waals surface area contributed by atoms with Gasteiger partial charge in [-0.05, 0) is 11.4 Å². The number of rotatable bonds is 3. The number of hydrogen-bond donors (Lipinski definition) is 3. The van der Waals surface area contributed by atoms with E-state index in [4.69, 9.17) is 5.11 Å². The Morgan fingerprint density at radius 3 is 2.86 bits per heavy atom. The Morgan fingerprint density at radius 1 is 1.48 bits per heavy atom. The molecule has 1 saturated heterocycles. The van der Waals surface area contributed by atoms with E-state index in [0.29, 0.717) is 23.2 Å². The molecular formula is C13H12N2O5S. The molecule has 0 aromatic carbocycles. The second kappa shape index (κ2) is 4.88. The van der Waals surface area contributed by atoms with E-state index in [9.17, 15) is 19.5 Å². The second-order valence-corrected chi connectivity index (χ2v) is 5.87. The van der Waals surface area contributed by atoms with Crippen LogP contribution in [0.15, 0.2) is 16.2 Å². The SMILES string of the molecule is O=C1CC(Cn2c(=O)c(O)c(C(=O)O)c3sccc32)CN1. The van der Waals surface area contributed by atoms with Crippen LogP contribution in [-0.2, 0) is 11.3 Å². The lowest BCUT2D eigenvalue weighted by atomic mass is 10.1. The molecule has 0 radical (unpaired) electrons. The maximum atomic E-state index is 12.2. The van der Waals surface area contributed by atoms with Gasteiger partial charge in [0.1, 0.15) is 5.56 Å². The molecule has 7 nitrogen and oxygen atoms in total. The minimum absolute atomic E-state index is 0.0478. The number of nitrogens with zero attached hydrogens (tertiary/aromatic N) is 1. The predicted octanol–water partition coefficient (Wildman–Crippen LogP) is 0.603. The molecule has 1 aliphatic heterocycles. The molecule has 21 heavy (non-hydrogen) atoms. The van der Waals surface area contributed by atoms with Crippen LogP contribution in [0.2, 0.25) is 0 Å². The quantitative estimate of drug-likeness (QED) is 0.769. The molecule has 1 atom stereocenters. The number of amides is 1. The van der Waals surface area contributed by atoms with Crippen LogP contribution < -0.4 is 10.9 Å². The molecule has 0 bridgehead atoms. The van der Waals surface area contributed by atoms with E-state index in [0.717, 1.165) is 11.3 Å². The van der Waals surface area contributed by atoms with Crippen LogP contribution in [0.1, 0.15) is 16.8 Å². The van der Waals surface area contributed by atoms with Gasteiger partial charge >= 0.3 is 5.97 Å². The van der Waals surface area contributed by atoms with Crippen molar-refractivity contribution >= 4 is 33.4 Å². The highest BCUT2D eigenvalue weighted by molar-refractivity contribution is 7.17. The van der Waals surface area contributed by atoms with Crippen molar-refractivity contribution in [2.24, 2.45) is 5.92 Å². The number of thiophene rings is 1. The Kier molecular flexibility index (Phi) is 3.17. The number of nitrogens with one attached hydrogen (secondary N) is 1. The fourth-order valence-electron chi connectivity index (χ4n) is 2.59. The van der Waals surface area contributed by atoms with Crippen LogP contribution in [0.3, 0.4) is 0 Å². The van der Waals surface area contributed by atoms with Crippen molar-refractivity contribution in [2.45, 2.75) is 13.0 Å². The number of carboxylic acids is 1. The van der Waals surface area contributed by atoms with E-state index >= 15 is 0 Å². The first kappa shape index (κ1) is 13.6. The second-order valence-electron chi connectivity index (χ2n) is 4.95. The molecule has 1 unspecified atom stereocenters. The molecule has 0 saturated carbocycles. The number of carbonyl (C=O) groups is 2. The lowest BCUT2D eigenvalue weighted by Gasteiger charge is -2.13. The lowest BCUT2D eigenvalue weighted by molar-refractivity contribution is -0.119. The molecular weight excluding hydrogens is 296 g/mol. The molecule has 1 fully saturated rings. The van der Waals surface area contributed by atoms with E-state index in [-0.39, 0.29) is 23.9 Å². The van der Waals surface area contributed by atoms with Gasteiger partial charge in [0.05, 0.1) is 10.2 Å². The van der Waals surface area contributed by atoms with E-state index in [2.05, 4.69) is 5.32 Å². The lowest BCUT2D eigenvalue weighted by Crippen LogP contribution is -2.26. The Balaban J connectivity index is 2.15. The highest BCUT2D eigenvalue weighted by Crippen LogP contribution is 2.29. The summed E-state index contributed by atoms with van der Waals surface area (Å²) in [7, 11) is 0. The van der Waals surface area contributed by atoms with Crippen LogP contribution in [0, 0.1) is 5.92 Å². The van der Waals surface area contributed by atoms with E-state index in [1.165, 1.54) is 4.57 Å². The maximum Gasteiger partial charge on any atom is 0.341 e. The van der Waals surface area contributed by atoms with Crippen LogP contribution in [0.25, 0.3) is 10.2 Å². The monoisotopic (exact) mass is 308 g/mol. The summed E-state index contributed by atoms with van der Waals surface area (Å²) in [5, 5.41) is 23.4. The summed E-state index contributed by atoms with van der Waals surface area (Å²) in [6, 6.07) is 1.65. The average Bonchev–Trinajstić information content (AvgIpc) is 3.03. The number of carbonyl (C=O) groups excluding carboxylic acids is 1. The van der Waals surface area contributed by atoms with E-state index in [1.54, 1.807) is 11.4 Å². The van der Waals surface area contributed by atoms with E-state index in [1.807, 2.05) is 0 Å². The fraction of sp³-hybridized carbons (Fsp3) is 0.308. The summed E-state index contributed by atoms with van der Waals surface area (Å²) in [6.07, 6.45) is 0.319. The summed E-state index contributed by atoms with van der Waals surface area (Å²) in [6.45, 7) is 0.733. The molecule has 0 aliphatic carbocycles. The third kappa shape index (κ3) is 2.17. The van der Waals surface area contributed by atoms with Crippen LogP contribution in [0.5, 0.6) is 5.75 Å². The van der Waals surface area contributed by atoms with Gasteiger partial charge in [0.25, 0.3) is 5.56 Å². The van der Waals surface area contributed by atoms with Crippen molar-refractivity contribution in [3.05, 3.63) is 27.4 Å². The number of carboxylic acid groups (broad SMARTS) is 1. The van der Waals surface area contributed by atoms with Gasteiger partial charge < -0.3 is 20.1 Å². The first-order chi connectivity index (χ1) is 9.99. The predicted molar refractivity (Wildman–Crippen MR) is 75.8 cm³/mol. The Morgan fingerprint density at radius 2 is 2.24 bits per heavy atom. The molecule has 1 amide bonds. The number of fused-ring (bicyclic) bond motifs is 1. The van der Waals surface area contributed by atoms with Crippen molar-refractivity contribution in [1.29, 1.82) is 0 Å². The molecule has 3 N–H and O–H groups in total.